The van der Waals surface area contributed by atoms with Crippen LogP contribution in [0.15, 0.2) is 52.3 Å². The van der Waals surface area contributed by atoms with E-state index in [2.05, 4.69) is 37.4 Å². The average Bonchev–Trinajstić information content (AvgIpc) is 2.89. The number of hydrogen-bond acceptors (Lipinski definition) is 10. The van der Waals surface area contributed by atoms with Gasteiger partial charge in [-0.3, -0.25) is 9.69 Å². The van der Waals surface area contributed by atoms with Gasteiger partial charge in [0.15, 0.2) is 5.16 Å². The maximum atomic E-state index is 12.5. The number of halogens is 3. The summed E-state index contributed by atoms with van der Waals surface area (Å²) in [6, 6.07) is 8.85. The predicted molar refractivity (Wildman–Crippen MR) is 155 cm³/mol. The van der Waals surface area contributed by atoms with Crippen molar-refractivity contribution < 1.29 is 18.0 Å². The Balaban J connectivity index is 1.47. The Bertz CT molecular complexity index is 1240. The number of aromatic nitrogens is 2. The van der Waals surface area contributed by atoms with Gasteiger partial charge in [-0.25, -0.2) is 9.97 Å². The van der Waals surface area contributed by atoms with E-state index in [1.807, 2.05) is 6.07 Å². The molecule has 2 aliphatic heterocycles. The average molecular weight is 592 g/mol. The topological polar surface area (TPSA) is 126 Å². The molecule has 0 atom stereocenters. The number of rotatable bonds is 9. The standard InChI is InChI=1S/C27H36F3N9OS/c1-18(31)15-22(32)34-23-16-24(39-9-7-20(8-10-39)38-13-11-37(2)12-14-38)36-26(35-23)41-21-5-3-19(4-6-21)33-25(40)17-27(28,29)30/h3-6,15-16,20,31H,7-14,17,32H2,1-2H3,(H,33,40)(H,34,35,36)/b22-15+,31-18?. The van der Waals surface area contributed by atoms with Crippen molar-refractivity contribution in [2.75, 3.05) is 61.8 Å². The van der Waals surface area contributed by atoms with E-state index in [0.717, 1.165) is 62.8 Å². The zero-order chi connectivity index (χ0) is 29.6. The number of anilines is 3. The summed E-state index contributed by atoms with van der Waals surface area (Å²) in [6.45, 7) is 7.70. The van der Waals surface area contributed by atoms with Crippen LogP contribution >= 0.6 is 11.8 Å². The van der Waals surface area contributed by atoms with Crippen molar-refractivity contribution in [2.45, 2.75) is 48.5 Å². The molecule has 0 unspecified atom stereocenters. The summed E-state index contributed by atoms with van der Waals surface area (Å²) in [5.41, 5.74) is 6.62. The van der Waals surface area contributed by atoms with Crippen LogP contribution in [0.3, 0.4) is 0 Å². The molecule has 2 aliphatic rings. The molecular formula is C27H36F3N9OS. The van der Waals surface area contributed by atoms with Gasteiger partial charge in [-0.15, -0.1) is 0 Å². The molecule has 0 saturated carbocycles. The Kier molecular flexibility index (Phi) is 10.1. The first-order valence-electron chi connectivity index (χ1n) is 13.4. The number of alkyl halides is 3. The minimum Gasteiger partial charge on any atom is -0.385 e. The number of benzene rings is 1. The van der Waals surface area contributed by atoms with Gasteiger partial charge in [0.25, 0.3) is 0 Å². The van der Waals surface area contributed by atoms with Gasteiger partial charge in [0.1, 0.15) is 23.9 Å². The fourth-order valence-corrected chi connectivity index (χ4v) is 5.61. The third kappa shape index (κ3) is 9.61. The van der Waals surface area contributed by atoms with Crippen LogP contribution in [0, 0.1) is 5.41 Å². The molecule has 0 bridgehead atoms. The van der Waals surface area contributed by atoms with E-state index >= 15 is 0 Å². The first kappa shape index (κ1) is 30.6. The Morgan fingerprint density at radius 2 is 1.76 bits per heavy atom. The van der Waals surface area contributed by atoms with Gasteiger partial charge in [0.2, 0.25) is 5.91 Å². The van der Waals surface area contributed by atoms with Gasteiger partial charge in [-0.05, 0) is 68.9 Å². The van der Waals surface area contributed by atoms with Gasteiger partial charge in [0, 0.05) is 67.7 Å². The fourth-order valence-electron chi connectivity index (χ4n) is 4.85. The van der Waals surface area contributed by atoms with E-state index in [-0.39, 0.29) is 11.5 Å². The number of nitrogens with zero attached hydrogens (tertiary/aromatic N) is 5. The summed E-state index contributed by atoms with van der Waals surface area (Å²) in [5, 5.41) is 13.4. The van der Waals surface area contributed by atoms with Gasteiger partial charge in [-0.1, -0.05) is 0 Å². The normalized spacial score (nSPS) is 17.9. The second-order valence-electron chi connectivity index (χ2n) is 10.3. The second kappa shape index (κ2) is 13.5. The van der Waals surface area contributed by atoms with Crippen LogP contribution in [0.4, 0.5) is 30.5 Å². The molecule has 1 aromatic heterocycles. The SMILES string of the molecule is CC(=N)/C=C(\N)Nc1cc(N2CCC(N3CCN(C)CC3)CC2)nc(Sc2ccc(NC(=O)CC(F)(F)F)cc2)n1. The summed E-state index contributed by atoms with van der Waals surface area (Å²) < 4.78 is 37.4. The van der Waals surface area contributed by atoms with Crippen LogP contribution in [0.1, 0.15) is 26.2 Å². The largest absolute Gasteiger partial charge is 0.397 e. The zero-order valence-corrected chi connectivity index (χ0v) is 24.0. The van der Waals surface area contributed by atoms with Crippen molar-refractivity contribution in [3.8, 4) is 0 Å². The van der Waals surface area contributed by atoms with Crippen LogP contribution in [0.25, 0.3) is 0 Å². The predicted octanol–water partition coefficient (Wildman–Crippen LogP) is 3.99. The summed E-state index contributed by atoms with van der Waals surface area (Å²) in [6.07, 6.45) is -2.53. The van der Waals surface area contributed by atoms with Gasteiger partial charge in [0.05, 0.1) is 0 Å². The number of hydrogen-bond donors (Lipinski definition) is 4. The lowest BCUT2D eigenvalue weighted by atomic mass is 10.0. The third-order valence-corrected chi connectivity index (χ3v) is 7.76. The molecule has 14 heteroatoms. The van der Waals surface area contributed by atoms with E-state index in [4.69, 9.17) is 16.1 Å². The summed E-state index contributed by atoms with van der Waals surface area (Å²) in [4.78, 5) is 28.9. The summed E-state index contributed by atoms with van der Waals surface area (Å²) in [7, 11) is 2.16. The molecule has 4 rings (SSSR count). The quantitative estimate of drug-likeness (QED) is 0.253. The lowest BCUT2D eigenvalue weighted by Crippen LogP contribution is -2.52. The Hall–Kier alpha value is -3.36. The Morgan fingerprint density at radius 1 is 1.10 bits per heavy atom. The van der Waals surface area contributed by atoms with Crippen molar-refractivity contribution in [3.63, 3.8) is 0 Å². The molecule has 0 radical (unpaired) electrons. The first-order chi connectivity index (χ1) is 19.4. The number of allylic oxidation sites excluding steroid dienone is 1. The molecule has 2 saturated heterocycles. The molecule has 0 spiro atoms. The maximum absolute atomic E-state index is 12.5. The van der Waals surface area contributed by atoms with Crippen molar-refractivity contribution in [2.24, 2.45) is 5.73 Å². The van der Waals surface area contributed by atoms with Crippen LogP contribution in [-0.4, -0.2) is 89.9 Å². The van der Waals surface area contributed by atoms with Crippen LogP contribution in [0.5, 0.6) is 0 Å². The molecule has 0 aliphatic carbocycles. The molecule has 1 amide bonds. The Labute approximate surface area is 242 Å². The number of amides is 1. The highest BCUT2D eigenvalue weighted by molar-refractivity contribution is 7.99. The third-order valence-electron chi connectivity index (χ3n) is 6.89. The second-order valence-corrected chi connectivity index (χ2v) is 11.4. The number of piperidine rings is 1. The first-order valence-corrected chi connectivity index (χ1v) is 14.3. The lowest BCUT2D eigenvalue weighted by molar-refractivity contribution is -0.150. The minimum atomic E-state index is -4.57. The van der Waals surface area contributed by atoms with Crippen LogP contribution in [0.2, 0.25) is 0 Å². The summed E-state index contributed by atoms with van der Waals surface area (Å²) in [5.74, 6) is 0.416. The number of nitrogens with one attached hydrogen (secondary N) is 3. The van der Waals surface area contributed by atoms with Crippen molar-refractivity contribution in [1.29, 1.82) is 5.41 Å². The van der Waals surface area contributed by atoms with Crippen molar-refractivity contribution >= 4 is 40.7 Å². The monoisotopic (exact) mass is 591 g/mol. The van der Waals surface area contributed by atoms with E-state index in [9.17, 15) is 18.0 Å². The number of piperazine rings is 1. The molecule has 1 aromatic carbocycles. The fraction of sp³-hybridized carbons (Fsp3) is 0.481. The number of carbonyl (C=O) groups excluding carboxylic acids is 1. The van der Waals surface area contributed by atoms with Crippen LogP contribution < -0.4 is 21.3 Å². The molecule has 3 heterocycles. The van der Waals surface area contributed by atoms with Crippen LogP contribution in [-0.2, 0) is 4.79 Å². The molecule has 2 fully saturated rings. The zero-order valence-electron chi connectivity index (χ0n) is 23.2. The highest BCUT2D eigenvalue weighted by atomic mass is 32.2. The van der Waals surface area contributed by atoms with Crippen molar-refractivity contribution in [3.05, 3.63) is 42.2 Å². The highest BCUT2D eigenvalue weighted by Crippen LogP contribution is 2.31. The number of likely N-dealkylation sites (N-methyl/N-ethyl adjacent to an activating group) is 1. The number of carbonyl (C=O) groups is 1. The highest BCUT2D eigenvalue weighted by Gasteiger charge is 2.31. The molecule has 222 valence electrons. The van der Waals surface area contributed by atoms with Gasteiger partial charge >= 0.3 is 6.18 Å². The molecule has 2 aromatic rings. The van der Waals surface area contributed by atoms with E-state index in [1.165, 1.54) is 30.0 Å². The minimum absolute atomic E-state index is 0.267. The molecule has 41 heavy (non-hydrogen) atoms. The van der Waals surface area contributed by atoms with E-state index in [1.54, 1.807) is 19.1 Å². The van der Waals surface area contributed by atoms with E-state index < -0.39 is 18.5 Å². The summed E-state index contributed by atoms with van der Waals surface area (Å²) >= 11 is 1.28. The molecule has 5 N–H and O–H groups in total. The van der Waals surface area contributed by atoms with Crippen molar-refractivity contribution in [1.82, 2.24) is 19.8 Å². The van der Waals surface area contributed by atoms with E-state index in [0.29, 0.717) is 22.7 Å². The Morgan fingerprint density at radius 3 is 2.37 bits per heavy atom. The number of nitrogens with two attached hydrogens (primary N) is 1. The molecule has 10 nitrogen and oxygen atoms in total. The lowest BCUT2D eigenvalue weighted by Gasteiger charge is -2.42. The van der Waals surface area contributed by atoms with Gasteiger partial charge in [-0.2, -0.15) is 13.2 Å². The molecular weight excluding hydrogens is 555 g/mol. The van der Waals surface area contributed by atoms with Gasteiger partial charge < -0.3 is 31.6 Å². The smallest absolute Gasteiger partial charge is 0.385 e. The maximum Gasteiger partial charge on any atom is 0.397 e.